The predicted molar refractivity (Wildman–Crippen MR) is 58.9 cm³/mol. The maximum absolute atomic E-state index is 11.6. The number of aliphatic carboxylic acids is 1. The van der Waals surface area contributed by atoms with Gasteiger partial charge in [-0.2, -0.15) is 12.6 Å². The van der Waals surface area contributed by atoms with Gasteiger partial charge in [-0.1, -0.05) is 0 Å². The van der Waals surface area contributed by atoms with E-state index >= 15 is 0 Å². The molecule has 0 aliphatic heterocycles. The summed E-state index contributed by atoms with van der Waals surface area (Å²) in [6, 6.07) is 0. The highest BCUT2D eigenvalue weighted by atomic mass is 32.1. The Labute approximate surface area is 94.4 Å². The summed E-state index contributed by atoms with van der Waals surface area (Å²) in [4.78, 5) is 22.4. The van der Waals surface area contributed by atoms with E-state index in [0.29, 0.717) is 0 Å². The summed E-state index contributed by atoms with van der Waals surface area (Å²) in [5.74, 6) is -2.13. The highest BCUT2D eigenvalue weighted by Gasteiger charge is 2.44. The van der Waals surface area contributed by atoms with Crippen molar-refractivity contribution in [2.45, 2.75) is 38.3 Å². The van der Waals surface area contributed by atoms with Crippen LogP contribution < -0.4 is 5.73 Å². The minimum absolute atomic E-state index is 0.0691. The predicted octanol–water partition coefficient (Wildman–Crippen LogP) is 0.430. The van der Waals surface area contributed by atoms with Gasteiger partial charge in [0.2, 0.25) is 5.54 Å². The third-order valence-electron chi connectivity index (χ3n) is 1.65. The van der Waals surface area contributed by atoms with Crippen LogP contribution in [0.3, 0.4) is 0 Å². The molecule has 0 aromatic rings. The Morgan fingerprint density at radius 3 is 2.13 bits per heavy atom. The van der Waals surface area contributed by atoms with Crippen molar-refractivity contribution in [3.05, 3.63) is 0 Å². The van der Waals surface area contributed by atoms with E-state index in [9.17, 15) is 9.59 Å². The first-order valence-electron chi connectivity index (χ1n) is 4.50. The Kier molecular flexibility index (Phi) is 4.61. The van der Waals surface area contributed by atoms with Crippen LogP contribution in [0.5, 0.6) is 0 Å². The van der Waals surface area contributed by atoms with Gasteiger partial charge in [-0.25, -0.2) is 9.59 Å². The van der Waals surface area contributed by atoms with Crippen molar-refractivity contribution in [2.75, 3.05) is 5.75 Å². The van der Waals surface area contributed by atoms with E-state index in [1.54, 1.807) is 20.8 Å². The van der Waals surface area contributed by atoms with Gasteiger partial charge in [0.05, 0.1) is 0 Å². The molecule has 0 saturated heterocycles. The topological polar surface area (TPSA) is 89.6 Å². The average Bonchev–Trinajstić information content (AvgIpc) is 2.00. The van der Waals surface area contributed by atoms with E-state index in [-0.39, 0.29) is 12.2 Å². The Morgan fingerprint density at radius 2 is 1.87 bits per heavy atom. The van der Waals surface area contributed by atoms with Crippen molar-refractivity contribution in [1.82, 2.24) is 0 Å². The van der Waals surface area contributed by atoms with Crippen molar-refractivity contribution in [3.8, 4) is 0 Å². The lowest BCUT2D eigenvalue weighted by molar-refractivity contribution is -0.169. The molecule has 5 nitrogen and oxygen atoms in total. The Bertz CT molecular complexity index is 261. The highest BCUT2D eigenvalue weighted by Crippen LogP contribution is 2.16. The number of hydrogen-bond donors (Lipinski definition) is 3. The summed E-state index contributed by atoms with van der Waals surface area (Å²) in [5.41, 5.74) is 2.72. The molecule has 1 atom stereocenters. The molecule has 6 heteroatoms. The van der Waals surface area contributed by atoms with Crippen LogP contribution in [0, 0.1) is 0 Å². The maximum atomic E-state index is 11.6. The van der Waals surface area contributed by atoms with Gasteiger partial charge in [0.15, 0.2) is 0 Å². The Balaban J connectivity index is 4.79. The van der Waals surface area contributed by atoms with Crippen LogP contribution in [-0.4, -0.2) is 33.9 Å². The van der Waals surface area contributed by atoms with E-state index in [4.69, 9.17) is 15.6 Å². The second-order valence-corrected chi connectivity index (χ2v) is 4.70. The lowest BCUT2D eigenvalue weighted by atomic mass is 9.97. The van der Waals surface area contributed by atoms with Gasteiger partial charge in [-0.05, 0) is 32.9 Å². The molecule has 0 saturated carbocycles. The first kappa shape index (κ1) is 14.2. The standard InChI is InChI=1S/C9H17NO4S/c1-8(2,3)14-7(13)9(10,4-5-15)6(11)12/h15H,4-5,10H2,1-3H3,(H,11,12)/t9-/m0/s1. The van der Waals surface area contributed by atoms with Crippen LogP contribution in [0.25, 0.3) is 0 Å². The summed E-state index contributed by atoms with van der Waals surface area (Å²) >= 11 is 3.86. The quantitative estimate of drug-likeness (QED) is 0.373. The molecule has 88 valence electrons. The fourth-order valence-electron chi connectivity index (χ4n) is 0.842. The van der Waals surface area contributed by atoms with Crippen LogP contribution in [0.1, 0.15) is 27.2 Å². The van der Waals surface area contributed by atoms with Gasteiger partial charge in [0, 0.05) is 0 Å². The first-order valence-corrected chi connectivity index (χ1v) is 5.13. The Hall–Kier alpha value is -0.750. The zero-order valence-corrected chi connectivity index (χ0v) is 10.0. The number of nitrogens with two attached hydrogens (primary N) is 1. The molecule has 3 N–H and O–H groups in total. The molecule has 0 fully saturated rings. The molecular weight excluding hydrogens is 218 g/mol. The molecule has 0 aromatic heterocycles. The normalized spacial score (nSPS) is 15.5. The highest BCUT2D eigenvalue weighted by molar-refractivity contribution is 7.80. The third kappa shape index (κ3) is 4.09. The number of rotatable bonds is 4. The lowest BCUT2D eigenvalue weighted by Gasteiger charge is -2.27. The monoisotopic (exact) mass is 235 g/mol. The second-order valence-electron chi connectivity index (χ2n) is 4.25. The van der Waals surface area contributed by atoms with Crippen molar-refractivity contribution in [1.29, 1.82) is 0 Å². The number of ether oxygens (including phenoxy) is 1. The second kappa shape index (κ2) is 4.85. The molecule has 0 spiro atoms. The van der Waals surface area contributed by atoms with Crippen LogP contribution >= 0.6 is 12.6 Å². The van der Waals surface area contributed by atoms with Crippen LogP contribution in [0.2, 0.25) is 0 Å². The summed E-state index contributed by atoms with van der Waals surface area (Å²) in [5, 5.41) is 8.87. The SMILES string of the molecule is CC(C)(C)OC(=O)[C@](N)(CCS)C(=O)O. The largest absolute Gasteiger partial charge is 0.479 e. The molecule has 0 aliphatic rings. The van der Waals surface area contributed by atoms with E-state index in [1.165, 1.54) is 0 Å². The summed E-state index contributed by atoms with van der Waals surface area (Å²) in [6.45, 7) is 4.94. The van der Waals surface area contributed by atoms with Gasteiger partial charge in [-0.3, -0.25) is 0 Å². The van der Waals surface area contributed by atoms with Gasteiger partial charge >= 0.3 is 11.9 Å². The van der Waals surface area contributed by atoms with Gasteiger partial charge < -0.3 is 15.6 Å². The van der Waals surface area contributed by atoms with Crippen LogP contribution in [0.15, 0.2) is 0 Å². The van der Waals surface area contributed by atoms with Gasteiger partial charge in [-0.15, -0.1) is 0 Å². The van der Waals surface area contributed by atoms with Crippen LogP contribution in [-0.2, 0) is 14.3 Å². The van der Waals surface area contributed by atoms with Crippen molar-refractivity contribution >= 4 is 24.6 Å². The molecule has 0 aliphatic carbocycles. The molecule has 0 bridgehead atoms. The van der Waals surface area contributed by atoms with Crippen molar-refractivity contribution in [3.63, 3.8) is 0 Å². The first-order chi connectivity index (χ1) is 6.63. The van der Waals surface area contributed by atoms with Crippen molar-refractivity contribution < 1.29 is 19.4 Å². The summed E-state index contributed by atoms with van der Waals surface area (Å²) < 4.78 is 4.94. The fraction of sp³-hybridized carbons (Fsp3) is 0.778. The molecule has 0 radical (unpaired) electrons. The van der Waals surface area contributed by atoms with Gasteiger partial charge in [0.1, 0.15) is 5.60 Å². The zero-order valence-electron chi connectivity index (χ0n) is 9.11. The fourth-order valence-corrected chi connectivity index (χ4v) is 1.19. The molecule has 0 amide bonds. The molecule has 0 rings (SSSR count). The zero-order chi connectivity index (χ0) is 12.3. The number of carboxylic acid groups (broad SMARTS) is 1. The smallest absolute Gasteiger partial charge is 0.338 e. The molecule has 0 unspecified atom stereocenters. The number of thiol groups is 1. The van der Waals surface area contributed by atoms with Gasteiger partial charge in [0.25, 0.3) is 0 Å². The number of hydrogen-bond acceptors (Lipinski definition) is 5. The maximum Gasteiger partial charge on any atom is 0.338 e. The molecule has 0 aromatic carbocycles. The number of carbonyl (C=O) groups excluding carboxylic acids is 1. The number of esters is 1. The van der Waals surface area contributed by atoms with E-state index in [0.717, 1.165) is 0 Å². The van der Waals surface area contributed by atoms with E-state index < -0.39 is 23.1 Å². The minimum atomic E-state index is -2.00. The lowest BCUT2D eigenvalue weighted by Crippen LogP contribution is -2.57. The summed E-state index contributed by atoms with van der Waals surface area (Å²) in [7, 11) is 0. The minimum Gasteiger partial charge on any atom is -0.479 e. The molecule has 0 heterocycles. The average molecular weight is 235 g/mol. The summed E-state index contributed by atoms with van der Waals surface area (Å²) in [6.07, 6.45) is -0.0691. The molecular formula is C9H17NO4S. The Morgan fingerprint density at radius 1 is 1.40 bits per heavy atom. The van der Waals surface area contributed by atoms with E-state index in [2.05, 4.69) is 12.6 Å². The third-order valence-corrected chi connectivity index (χ3v) is 1.87. The number of carboxylic acids is 1. The molecule has 15 heavy (non-hydrogen) atoms. The van der Waals surface area contributed by atoms with Crippen molar-refractivity contribution in [2.24, 2.45) is 5.73 Å². The van der Waals surface area contributed by atoms with E-state index in [1.807, 2.05) is 0 Å². The van der Waals surface area contributed by atoms with Crippen LogP contribution in [0.4, 0.5) is 0 Å². The number of carbonyl (C=O) groups is 2.